The Labute approximate surface area is 105 Å². The summed E-state index contributed by atoms with van der Waals surface area (Å²) in [4.78, 5) is 4.13. The van der Waals surface area contributed by atoms with Crippen LogP contribution in [0.1, 0.15) is 16.7 Å². The molecule has 1 aromatic carbocycles. The molecule has 4 heteroatoms. The van der Waals surface area contributed by atoms with Gasteiger partial charge < -0.3 is 9.84 Å². The van der Waals surface area contributed by atoms with Crippen LogP contribution in [-0.2, 0) is 13.2 Å². The first-order chi connectivity index (χ1) is 8.69. The average molecular weight is 247 g/mol. The molecule has 1 N–H and O–H groups in total. The molecule has 0 unspecified atom stereocenters. The quantitative estimate of drug-likeness (QED) is 0.903. The molecule has 0 aliphatic carbocycles. The predicted molar refractivity (Wildman–Crippen MR) is 65.6 cm³/mol. The third-order valence-corrected chi connectivity index (χ3v) is 2.56. The molecular weight excluding hydrogens is 233 g/mol. The summed E-state index contributed by atoms with van der Waals surface area (Å²) in [6.07, 6.45) is 1.58. The molecule has 1 heterocycles. The highest BCUT2D eigenvalue weighted by Gasteiger charge is 2.03. The van der Waals surface area contributed by atoms with Crippen molar-refractivity contribution in [3.05, 3.63) is 59.0 Å². The highest BCUT2D eigenvalue weighted by Crippen LogP contribution is 2.17. The van der Waals surface area contributed by atoms with Gasteiger partial charge >= 0.3 is 0 Å². The molecular formula is C14H14FNO2. The fraction of sp³-hybridized carbons (Fsp3) is 0.214. The number of halogens is 1. The maximum absolute atomic E-state index is 12.7. The second-order valence-corrected chi connectivity index (χ2v) is 4.04. The summed E-state index contributed by atoms with van der Waals surface area (Å²) in [5.74, 6) is 0.261. The molecule has 0 saturated heterocycles. The third kappa shape index (κ3) is 3.05. The third-order valence-electron chi connectivity index (χ3n) is 2.56. The Morgan fingerprint density at radius 1 is 1.22 bits per heavy atom. The number of aryl methyl sites for hydroxylation is 1. The van der Waals surface area contributed by atoms with Crippen molar-refractivity contribution in [2.24, 2.45) is 0 Å². The first-order valence-corrected chi connectivity index (χ1v) is 5.62. The lowest BCUT2D eigenvalue weighted by atomic mass is 10.2. The molecule has 18 heavy (non-hydrogen) atoms. The van der Waals surface area contributed by atoms with Gasteiger partial charge in [0.2, 0.25) is 5.88 Å². The maximum Gasteiger partial charge on any atom is 0.216 e. The molecule has 0 spiro atoms. The maximum atomic E-state index is 12.7. The molecule has 0 aliphatic rings. The summed E-state index contributed by atoms with van der Waals surface area (Å²) < 4.78 is 18.3. The highest BCUT2D eigenvalue weighted by atomic mass is 19.1. The van der Waals surface area contributed by atoms with Crippen molar-refractivity contribution in [1.29, 1.82) is 0 Å². The van der Waals surface area contributed by atoms with Crippen LogP contribution in [0.3, 0.4) is 0 Å². The first kappa shape index (κ1) is 12.5. The lowest BCUT2D eigenvalue weighted by Gasteiger charge is -2.08. The number of ether oxygens (including phenoxy) is 1. The minimum Gasteiger partial charge on any atom is -0.473 e. The lowest BCUT2D eigenvalue weighted by Crippen LogP contribution is -2.00. The number of pyridine rings is 1. The van der Waals surface area contributed by atoms with Crippen molar-refractivity contribution >= 4 is 0 Å². The summed E-state index contributed by atoms with van der Waals surface area (Å²) in [7, 11) is 0. The molecule has 0 aliphatic heterocycles. The van der Waals surface area contributed by atoms with E-state index in [0.29, 0.717) is 12.5 Å². The van der Waals surface area contributed by atoms with E-state index in [2.05, 4.69) is 4.98 Å². The number of hydrogen-bond acceptors (Lipinski definition) is 3. The van der Waals surface area contributed by atoms with Crippen molar-refractivity contribution in [3.63, 3.8) is 0 Å². The van der Waals surface area contributed by atoms with E-state index in [1.54, 1.807) is 18.3 Å². The van der Waals surface area contributed by atoms with Gasteiger partial charge in [-0.2, -0.15) is 0 Å². The van der Waals surface area contributed by atoms with Gasteiger partial charge in [0.05, 0.1) is 6.61 Å². The summed E-state index contributed by atoms with van der Waals surface area (Å²) in [5.41, 5.74) is 2.49. The Morgan fingerprint density at radius 3 is 2.56 bits per heavy atom. The number of hydrogen-bond donors (Lipinski definition) is 1. The Bertz CT molecular complexity index is 526. The van der Waals surface area contributed by atoms with E-state index in [1.807, 2.05) is 13.0 Å². The number of aliphatic hydroxyl groups is 1. The van der Waals surface area contributed by atoms with Crippen molar-refractivity contribution in [3.8, 4) is 5.88 Å². The molecule has 0 saturated carbocycles. The Morgan fingerprint density at radius 2 is 1.94 bits per heavy atom. The van der Waals surface area contributed by atoms with Gasteiger partial charge in [0.25, 0.3) is 0 Å². The fourth-order valence-electron chi connectivity index (χ4n) is 1.59. The van der Waals surface area contributed by atoms with Crippen molar-refractivity contribution < 1.29 is 14.2 Å². The summed E-state index contributed by atoms with van der Waals surface area (Å²) in [6, 6.07) is 7.97. The number of aliphatic hydroxyl groups excluding tert-OH is 1. The van der Waals surface area contributed by atoms with Gasteiger partial charge in [-0.1, -0.05) is 12.1 Å². The largest absolute Gasteiger partial charge is 0.473 e. The van der Waals surface area contributed by atoms with Crippen LogP contribution < -0.4 is 4.74 Å². The van der Waals surface area contributed by atoms with Crippen molar-refractivity contribution in [2.45, 2.75) is 20.1 Å². The van der Waals surface area contributed by atoms with E-state index in [1.165, 1.54) is 12.1 Å². The molecule has 2 rings (SSSR count). The van der Waals surface area contributed by atoms with Crippen LogP contribution in [-0.4, -0.2) is 10.1 Å². The lowest BCUT2D eigenvalue weighted by molar-refractivity contribution is 0.277. The summed E-state index contributed by atoms with van der Waals surface area (Å²) in [5, 5.41) is 8.97. The van der Waals surface area contributed by atoms with Crippen molar-refractivity contribution in [1.82, 2.24) is 4.98 Å². The Hall–Kier alpha value is -1.94. The highest BCUT2D eigenvalue weighted by molar-refractivity contribution is 5.28. The van der Waals surface area contributed by atoms with Gasteiger partial charge in [-0.3, -0.25) is 0 Å². The second-order valence-electron chi connectivity index (χ2n) is 4.04. The van der Waals surface area contributed by atoms with Gasteiger partial charge in [0, 0.05) is 11.8 Å². The number of rotatable bonds is 4. The summed E-state index contributed by atoms with van der Waals surface area (Å²) in [6.45, 7) is 2.17. The Balaban J connectivity index is 2.04. The van der Waals surface area contributed by atoms with Gasteiger partial charge in [-0.15, -0.1) is 0 Å². The standard InChI is InChI=1S/C14H14FNO2/c1-10-6-12(8-17)7-16-14(10)18-9-11-2-4-13(15)5-3-11/h2-7,17H,8-9H2,1H3. The SMILES string of the molecule is Cc1cc(CO)cnc1OCc1ccc(F)cc1. The van der Waals surface area contributed by atoms with Crippen LogP contribution in [0.2, 0.25) is 0 Å². The molecule has 94 valence electrons. The van der Waals surface area contributed by atoms with E-state index in [-0.39, 0.29) is 12.4 Å². The van der Waals surface area contributed by atoms with E-state index in [0.717, 1.165) is 16.7 Å². The van der Waals surface area contributed by atoms with Gasteiger partial charge in [-0.05, 0) is 36.2 Å². The van der Waals surface area contributed by atoms with Crippen LogP contribution in [0, 0.1) is 12.7 Å². The monoisotopic (exact) mass is 247 g/mol. The van der Waals surface area contributed by atoms with Gasteiger partial charge in [-0.25, -0.2) is 9.37 Å². The second kappa shape index (κ2) is 5.60. The zero-order valence-corrected chi connectivity index (χ0v) is 10.1. The molecule has 0 amide bonds. The molecule has 3 nitrogen and oxygen atoms in total. The molecule has 0 atom stereocenters. The van der Waals surface area contributed by atoms with E-state index in [9.17, 15) is 4.39 Å². The van der Waals surface area contributed by atoms with Crippen LogP contribution in [0.25, 0.3) is 0 Å². The fourth-order valence-corrected chi connectivity index (χ4v) is 1.59. The van der Waals surface area contributed by atoms with Crippen LogP contribution in [0.4, 0.5) is 4.39 Å². The zero-order chi connectivity index (χ0) is 13.0. The van der Waals surface area contributed by atoms with E-state index in [4.69, 9.17) is 9.84 Å². The number of nitrogens with zero attached hydrogens (tertiary/aromatic N) is 1. The zero-order valence-electron chi connectivity index (χ0n) is 10.1. The summed E-state index contributed by atoms with van der Waals surface area (Å²) >= 11 is 0. The number of benzene rings is 1. The molecule has 1 aromatic heterocycles. The van der Waals surface area contributed by atoms with Crippen LogP contribution in [0.15, 0.2) is 36.5 Å². The van der Waals surface area contributed by atoms with Crippen LogP contribution in [0.5, 0.6) is 5.88 Å². The van der Waals surface area contributed by atoms with Crippen LogP contribution >= 0.6 is 0 Å². The average Bonchev–Trinajstić information content (AvgIpc) is 2.39. The minimum absolute atomic E-state index is 0.0356. The van der Waals surface area contributed by atoms with Gasteiger partial charge in [0.1, 0.15) is 12.4 Å². The topological polar surface area (TPSA) is 42.4 Å². The first-order valence-electron chi connectivity index (χ1n) is 5.62. The normalized spacial score (nSPS) is 10.4. The molecule has 0 radical (unpaired) electrons. The molecule has 2 aromatic rings. The van der Waals surface area contributed by atoms with Crippen molar-refractivity contribution in [2.75, 3.05) is 0 Å². The Kier molecular flexibility index (Phi) is 3.89. The van der Waals surface area contributed by atoms with E-state index < -0.39 is 0 Å². The number of aromatic nitrogens is 1. The predicted octanol–water partition coefficient (Wildman–Crippen LogP) is 2.60. The van der Waals surface area contributed by atoms with E-state index >= 15 is 0 Å². The minimum atomic E-state index is -0.264. The smallest absolute Gasteiger partial charge is 0.216 e. The molecule has 0 bridgehead atoms. The molecule has 0 fully saturated rings. The van der Waals surface area contributed by atoms with Gasteiger partial charge in [0.15, 0.2) is 0 Å².